The number of amides is 1. The number of H-pyrrole nitrogens is 1. The zero-order valence-electron chi connectivity index (χ0n) is 14.3. The molecule has 0 aliphatic carbocycles. The number of aliphatic hydroxyl groups excluding tert-OH is 1. The summed E-state index contributed by atoms with van der Waals surface area (Å²) in [7, 11) is 0. The summed E-state index contributed by atoms with van der Waals surface area (Å²) in [6.07, 6.45) is 0.487. The Morgan fingerprint density at radius 3 is 2.56 bits per heavy atom. The SMILES string of the molecule is Cc1cc(C)c2cc(C(=O)N[C@H](CO)Cc3ccc(O)cc3)[nH]c2c1. The van der Waals surface area contributed by atoms with Crippen molar-refractivity contribution < 1.29 is 15.0 Å². The number of phenols is 1. The van der Waals surface area contributed by atoms with Crippen LogP contribution in [0.25, 0.3) is 10.9 Å². The van der Waals surface area contributed by atoms with Gasteiger partial charge in [-0.25, -0.2) is 0 Å². The first kappa shape index (κ1) is 17.0. The molecule has 1 heterocycles. The molecule has 0 fully saturated rings. The molecule has 25 heavy (non-hydrogen) atoms. The second kappa shape index (κ2) is 6.99. The topological polar surface area (TPSA) is 85.3 Å². The van der Waals surface area contributed by atoms with E-state index in [0.29, 0.717) is 12.1 Å². The molecule has 2 aromatic carbocycles. The first-order valence-electron chi connectivity index (χ1n) is 8.26. The molecular weight excluding hydrogens is 316 g/mol. The lowest BCUT2D eigenvalue weighted by molar-refractivity contribution is 0.0912. The number of rotatable bonds is 5. The highest BCUT2D eigenvalue weighted by Gasteiger charge is 2.16. The van der Waals surface area contributed by atoms with E-state index in [0.717, 1.165) is 27.6 Å². The van der Waals surface area contributed by atoms with Crippen LogP contribution in [0.4, 0.5) is 0 Å². The quantitative estimate of drug-likeness (QED) is 0.577. The van der Waals surface area contributed by atoms with Crippen molar-refractivity contribution in [3.8, 4) is 5.75 Å². The molecule has 0 aliphatic rings. The second-order valence-corrected chi connectivity index (χ2v) is 6.45. The number of carbonyl (C=O) groups excluding carboxylic acids is 1. The van der Waals surface area contributed by atoms with E-state index in [2.05, 4.69) is 16.4 Å². The van der Waals surface area contributed by atoms with Crippen molar-refractivity contribution in [3.05, 3.63) is 64.8 Å². The third-order valence-electron chi connectivity index (χ3n) is 4.31. The molecule has 4 N–H and O–H groups in total. The number of aryl methyl sites for hydroxylation is 2. The zero-order chi connectivity index (χ0) is 18.0. The average molecular weight is 338 g/mol. The molecule has 0 saturated heterocycles. The van der Waals surface area contributed by atoms with Crippen molar-refractivity contribution in [3.63, 3.8) is 0 Å². The molecule has 5 heteroatoms. The van der Waals surface area contributed by atoms with Crippen molar-refractivity contribution in [2.24, 2.45) is 0 Å². The molecular formula is C20H22N2O3. The van der Waals surface area contributed by atoms with Crippen LogP contribution >= 0.6 is 0 Å². The van der Waals surface area contributed by atoms with E-state index in [4.69, 9.17) is 0 Å². The Hall–Kier alpha value is -2.79. The first-order chi connectivity index (χ1) is 12.0. The monoisotopic (exact) mass is 338 g/mol. The van der Waals surface area contributed by atoms with E-state index in [9.17, 15) is 15.0 Å². The van der Waals surface area contributed by atoms with Crippen LogP contribution in [0.15, 0.2) is 42.5 Å². The minimum atomic E-state index is -0.397. The summed E-state index contributed by atoms with van der Waals surface area (Å²) in [6, 6.07) is 12.3. The lowest BCUT2D eigenvalue weighted by atomic mass is 10.1. The Balaban J connectivity index is 1.75. The lowest BCUT2D eigenvalue weighted by Gasteiger charge is -2.16. The molecule has 1 atom stereocenters. The van der Waals surface area contributed by atoms with Crippen molar-refractivity contribution in [2.75, 3.05) is 6.61 Å². The van der Waals surface area contributed by atoms with Gasteiger partial charge in [0.25, 0.3) is 5.91 Å². The average Bonchev–Trinajstić information content (AvgIpc) is 3.00. The van der Waals surface area contributed by atoms with Gasteiger partial charge in [-0.15, -0.1) is 0 Å². The van der Waals surface area contributed by atoms with Crippen LogP contribution in [-0.4, -0.2) is 33.8 Å². The minimum absolute atomic E-state index is 0.162. The molecule has 1 aromatic heterocycles. The van der Waals surface area contributed by atoms with Crippen LogP contribution in [-0.2, 0) is 6.42 Å². The van der Waals surface area contributed by atoms with Gasteiger partial charge in [0, 0.05) is 10.9 Å². The number of aromatic amines is 1. The number of carbonyl (C=O) groups is 1. The smallest absolute Gasteiger partial charge is 0.268 e. The number of hydrogen-bond acceptors (Lipinski definition) is 3. The predicted octanol–water partition coefficient (Wildman–Crippen LogP) is 2.82. The summed E-state index contributed by atoms with van der Waals surface area (Å²) in [6.45, 7) is 3.88. The third-order valence-corrected chi connectivity index (χ3v) is 4.31. The fourth-order valence-electron chi connectivity index (χ4n) is 3.06. The first-order valence-corrected chi connectivity index (χ1v) is 8.26. The Bertz CT molecular complexity index is 897. The summed E-state index contributed by atoms with van der Waals surface area (Å²) in [4.78, 5) is 15.7. The molecule has 3 aromatic rings. The maximum Gasteiger partial charge on any atom is 0.268 e. The highest BCUT2D eigenvalue weighted by Crippen LogP contribution is 2.21. The van der Waals surface area contributed by atoms with E-state index in [1.165, 1.54) is 0 Å². The van der Waals surface area contributed by atoms with Gasteiger partial charge < -0.3 is 20.5 Å². The van der Waals surface area contributed by atoms with Gasteiger partial charge in [-0.1, -0.05) is 18.2 Å². The number of aromatic nitrogens is 1. The molecule has 0 radical (unpaired) electrons. The molecule has 0 bridgehead atoms. The Morgan fingerprint density at radius 2 is 1.88 bits per heavy atom. The summed E-state index contributed by atoms with van der Waals surface area (Å²) >= 11 is 0. The fraction of sp³-hybridized carbons (Fsp3) is 0.250. The fourth-order valence-corrected chi connectivity index (χ4v) is 3.06. The largest absolute Gasteiger partial charge is 0.508 e. The van der Waals surface area contributed by atoms with Crippen LogP contribution < -0.4 is 5.32 Å². The number of aromatic hydroxyl groups is 1. The normalized spacial score (nSPS) is 12.3. The standard InChI is InChI=1S/C20H22N2O3/c1-12-7-13(2)17-10-19(22-18(17)8-12)20(25)21-15(11-23)9-14-3-5-16(24)6-4-14/h3-8,10,15,22-24H,9,11H2,1-2H3,(H,21,25)/t15-/m0/s1. The van der Waals surface area contributed by atoms with E-state index < -0.39 is 6.04 Å². The predicted molar refractivity (Wildman–Crippen MR) is 97.9 cm³/mol. The summed E-state index contributed by atoms with van der Waals surface area (Å²) in [5.74, 6) is -0.0526. The number of fused-ring (bicyclic) bond motifs is 1. The van der Waals surface area contributed by atoms with Crippen LogP contribution in [0.1, 0.15) is 27.2 Å². The van der Waals surface area contributed by atoms with E-state index in [-0.39, 0.29) is 18.3 Å². The molecule has 0 spiro atoms. The molecule has 5 nitrogen and oxygen atoms in total. The summed E-state index contributed by atoms with van der Waals surface area (Å²) < 4.78 is 0. The Labute approximate surface area is 146 Å². The van der Waals surface area contributed by atoms with Crippen LogP contribution in [0, 0.1) is 13.8 Å². The van der Waals surface area contributed by atoms with Crippen LogP contribution in [0.2, 0.25) is 0 Å². The number of nitrogens with one attached hydrogen (secondary N) is 2. The van der Waals surface area contributed by atoms with Crippen LogP contribution in [0.3, 0.4) is 0 Å². The lowest BCUT2D eigenvalue weighted by Crippen LogP contribution is -2.39. The molecule has 1 amide bonds. The number of hydrogen-bond donors (Lipinski definition) is 4. The molecule has 130 valence electrons. The molecule has 0 unspecified atom stereocenters. The second-order valence-electron chi connectivity index (χ2n) is 6.45. The van der Waals surface area contributed by atoms with Crippen molar-refractivity contribution in [2.45, 2.75) is 26.3 Å². The summed E-state index contributed by atoms with van der Waals surface area (Å²) in [5.41, 5.74) is 4.60. The van der Waals surface area contributed by atoms with E-state index in [1.807, 2.05) is 26.0 Å². The van der Waals surface area contributed by atoms with Gasteiger partial charge in [-0.05, 0) is 61.2 Å². The van der Waals surface area contributed by atoms with Gasteiger partial charge in [0.05, 0.1) is 12.6 Å². The highest BCUT2D eigenvalue weighted by molar-refractivity contribution is 5.99. The zero-order valence-corrected chi connectivity index (χ0v) is 14.3. The van der Waals surface area contributed by atoms with Gasteiger partial charge in [-0.2, -0.15) is 0 Å². The van der Waals surface area contributed by atoms with Crippen LogP contribution in [0.5, 0.6) is 5.75 Å². The minimum Gasteiger partial charge on any atom is -0.508 e. The number of benzene rings is 2. The van der Waals surface area contributed by atoms with E-state index >= 15 is 0 Å². The Morgan fingerprint density at radius 1 is 1.16 bits per heavy atom. The number of aliphatic hydroxyl groups is 1. The number of phenolic OH excluding ortho intramolecular Hbond substituents is 1. The Kier molecular flexibility index (Phi) is 4.76. The van der Waals surface area contributed by atoms with Crippen molar-refractivity contribution >= 4 is 16.8 Å². The maximum atomic E-state index is 12.5. The van der Waals surface area contributed by atoms with Gasteiger partial charge in [0.1, 0.15) is 11.4 Å². The van der Waals surface area contributed by atoms with Gasteiger partial charge in [0.15, 0.2) is 0 Å². The van der Waals surface area contributed by atoms with E-state index in [1.54, 1.807) is 24.3 Å². The third kappa shape index (κ3) is 3.83. The maximum absolute atomic E-state index is 12.5. The van der Waals surface area contributed by atoms with Crippen molar-refractivity contribution in [1.29, 1.82) is 0 Å². The highest BCUT2D eigenvalue weighted by atomic mass is 16.3. The van der Waals surface area contributed by atoms with Gasteiger partial charge >= 0.3 is 0 Å². The van der Waals surface area contributed by atoms with Crippen molar-refractivity contribution in [1.82, 2.24) is 10.3 Å². The van der Waals surface area contributed by atoms with Gasteiger partial charge in [-0.3, -0.25) is 4.79 Å². The molecule has 0 aliphatic heterocycles. The summed E-state index contributed by atoms with van der Waals surface area (Å²) in [5, 5.41) is 22.8. The molecule has 3 rings (SSSR count). The van der Waals surface area contributed by atoms with Gasteiger partial charge in [0.2, 0.25) is 0 Å². The molecule has 0 saturated carbocycles.